The van der Waals surface area contributed by atoms with Crippen molar-refractivity contribution in [2.45, 2.75) is 52.1 Å². The van der Waals surface area contributed by atoms with Crippen molar-refractivity contribution < 1.29 is 8.78 Å². The van der Waals surface area contributed by atoms with Crippen molar-refractivity contribution in [1.82, 2.24) is 15.1 Å². The number of halogens is 3. The fourth-order valence-electron chi connectivity index (χ4n) is 1.65. The summed E-state index contributed by atoms with van der Waals surface area (Å²) in [4.78, 5) is 0. The van der Waals surface area contributed by atoms with Crippen LogP contribution in [0.3, 0.4) is 0 Å². The summed E-state index contributed by atoms with van der Waals surface area (Å²) in [5, 5.41) is 7.17. The molecule has 0 saturated heterocycles. The summed E-state index contributed by atoms with van der Waals surface area (Å²) in [6, 6.07) is 0. The zero-order valence-electron chi connectivity index (χ0n) is 10.7. The van der Waals surface area contributed by atoms with Crippen LogP contribution in [0.15, 0.2) is 12.4 Å². The lowest BCUT2D eigenvalue weighted by atomic mass is 10.2. The molecule has 0 atom stereocenters. The second-order valence-electron chi connectivity index (χ2n) is 4.20. The minimum absolute atomic E-state index is 0. The topological polar surface area (TPSA) is 29.9 Å². The Labute approximate surface area is 113 Å². The van der Waals surface area contributed by atoms with E-state index in [9.17, 15) is 8.78 Å². The third kappa shape index (κ3) is 7.61. The predicted molar refractivity (Wildman–Crippen MR) is 71.3 cm³/mol. The smallest absolute Gasteiger partial charge is 0.257 e. The van der Waals surface area contributed by atoms with Crippen molar-refractivity contribution in [3.63, 3.8) is 0 Å². The molecule has 0 spiro atoms. The maximum Gasteiger partial charge on any atom is 0.257 e. The molecule has 0 aliphatic rings. The minimum atomic E-state index is -2.34. The number of rotatable bonds is 9. The summed E-state index contributed by atoms with van der Waals surface area (Å²) in [5.74, 6) is 0. The molecule has 0 aromatic carbocycles. The Hall–Kier alpha value is -0.680. The molecule has 0 aliphatic carbocycles. The Morgan fingerprint density at radius 1 is 1.33 bits per heavy atom. The van der Waals surface area contributed by atoms with E-state index in [-0.39, 0.29) is 19.0 Å². The molecule has 1 N–H and O–H groups in total. The molecule has 0 amide bonds. The van der Waals surface area contributed by atoms with Crippen LogP contribution in [0.1, 0.15) is 38.2 Å². The Kier molecular flexibility index (Phi) is 9.87. The Morgan fingerprint density at radius 2 is 2.11 bits per heavy atom. The van der Waals surface area contributed by atoms with Crippen molar-refractivity contribution in [2.24, 2.45) is 0 Å². The van der Waals surface area contributed by atoms with Crippen LogP contribution in [-0.4, -0.2) is 22.8 Å². The minimum Gasteiger partial charge on any atom is -0.313 e. The van der Waals surface area contributed by atoms with Crippen LogP contribution in [0.4, 0.5) is 8.78 Å². The molecule has 1 rings (SSSR count). The molecule has 0 aliphatic heterocycles. The molecule has 1 heterocycles. The van der Waals surface area contributed by atoms with Crippen LogP contribution in [0.5, 0.6) is 0 Å². The molecular weight excluding hydrogens is 260 g/mol. The highest BCUT2D eigenvalue weighted by molar-refractivity contribution is 5.85. The third-order valence-electron chi connectivity index (χ3n) is 2.55. The van der Waals surface area contributed by atoms with Gasteiger partial charge in [0.15, 0.2) is 0 Å². The van der Waals surface area contributed by atoms with Gasteiger partial charge in [-0.3, -0.25) is 4.68 Å². The average molecular weight is 282 g/mol. The molecule has 0 unspecified atom stereocenters. The van der Waals surface area contributed by atoms with Crippen LogP contribution >= 0.6 is 12.4 Å². The Morgan fingerprint density at radius 3 is 2.78 bits per heavy atom. The molecule has 0 fully saturated rings. The highest BCUT2D eigenvalue weighted by Crippen LogP contribution is 2.02. The molecule has 6 heteroatoms. The molecular formula is C12H22ClF2N3. The van der Waals surface area contributed by atoms with Gasteiger partial charge in [0.25, 0.3) is 6.43 Å². The molecule has 1 aromatic rings. The standard InChI is InChI=1S/C12H21F2N3.ClH/c1-2-3-4-5-6-15-7-11-8-16-17(9-11)10-12(13)14;/h8-9,12,15H,2-7,10H2,1H3;1H. The second-order valence-corrected chi connectivity index (χ2v) is 4.20. The predicted octanol–water partition coefficient (Wildman–Crippen LogP) is 3.24. The van der Waals surface area contributed by atoms with Crippen molar-refractivity contribution in [1.29, 1.82) is 0 Å². The number of alkyl halides is 2. The highest BCUT2D eigenvalue weighted by Gasteiger charge is 2.05. The summed E-state index contributed by atoms with van der Waals surface area (Å²) in [7, 11) is 0. The molecule has 0 bridgehead atoms. The van der Waals surface area contributed by atoms with Crippen LogP contribution in [0.25, 0.3) is 0 Å². The maximum atomic E-state index is 12.1. The summed E-state index contributed by atoms with van der Waals surface area (Å²) in [5.41, 5.74) is 0.959. The zero-order chi connectivity index (χ0) is 12.5. The van der Waals surface area contributed by atoms with E-state index in [4.69, 9.17) is 0 Å². The molecule has 106 valence electrons. The lowest BCUT2D eigenvalue weighted by Crippen LogP contribution is -2.14. The van der Waals surface area contributed by atoms with E-state index in [2.05, 4.69) is 17.3 Å². The first-order valence-corrected chi connectivity index (χ1v) is 6.22. The first kappa shape index (κ1) is 17.3. The second kappa shape index (κ2) is 10.3. The average Bonchev–Trinajstić information content (AvgIpc) is 2.70. The molecule has 0 radical (unpaired) electrons. The number of aromatic nitrogens is 2. The van der Waals surface area contributed by atoms with Gasteiger partial charge in [-0.05, 0) is 13.0 Å². The first-order valence-electron chi connectivity index (χ1n) is 6.22. The van der Waals surface area contributed by atoms with Crippen molar-refractivity contribution >= 4 is 12.4 Å². The lowest BCUT2D eigenvalue weighted by molar-refractivity contribution is 0.122. The largest absolute Gasteiger partial charge is 0.313 e. The van der Waals surface area contributed by atoms with Gasteiger partial charge in [0.1, 0.15) is 6.54 Å². The van der Waals surface area contributed by atoms with Gasteiger partial charge in [-0.25, -0.2) is 8.78 Å². The lowest BCUT2D eigenvalue weighted by Gasteiger charge is -2.02. The van der Waals surface area contributed by atoms with Crippen molar-refractivity contribution in [3.8, 4) is 0 Å². The van der Waals surface area contributed by atoms with E-state index in [1.165, 1.54) is 30.4 Å². The third-order valence-corrected chi connectivity index (χ3v) is 2.55. The molecule has 18 heavy (non-hydrogen) atoms. The monoisotopic (exact) mass is 281 g/mol. The Balaban J connectivity index is 0.00000289. The summed E-state index contributed by atoms with van der Waals surface area (Å²) in [6.45, 7) is 3.54. The summed E-state index contributed by atoms with van der Waals surface area (Å²) < 4.78 is 25.4. The number of hydrogen-bond acceptors (Lipinski definition) is 2. The summed E-state index contributed by atoms with van der Waals surface area (Å²) in [6.07, 6.45) is 5.89. The van der Waals surface area contributed by atoms with Gasteiger partial charge in [-0.2, -0.15) is 5.10 Å². The van der Waals surface area contributed by atoms with Crippen molar-refractivity contribution in [3.05, 3.63) is 18.0 Å². The van der Waals surface area contributed by atoms with E-state index < -0.39 is 6.43 Å². The quantitative estimate of drug-likeness (QED) is 0.704. The molecule has 1 aromatic heterocycles. The first-order chi connectivity index (χ1) is 8.22. The van der Waals surface area contributed by atoms with Crippen LogP contribution in [0, 0.1) is 0 Å². The number of nitrogens with one attached hydrogen (secondary N) is 1. The van der Waals surface area contributed by atoms with Crippen LogP contribution in [-0.2, 0) is 13.1 Å². The maximum absolute atomic E-state index is 12.1. The fraction of sp³-hybridized carbons (Fsp3) is 0.750. The van der Waals surface area contributed by atoms with Gasteiger partial charge in [-0.15, -0.1) is 12.4 Å². The van der Waals surface area contributed by atoms with Gasteiger partial charge in [0.2, 0.25) is 0 Å². The van der Waals surface area contributed by atoms with Gasteiger partial charge in [0, 0.05) is 18.3 Å². The molecule has 3 nitrogen and oxygen atoms in total. The van der Waals surface area contributed by atoms with Gasteiger partial charge >= 0.3 is 0 Å². The van der Waals surface area contributed by atoms with Crippen molar-refractivity contribution in [2.75, 3.05) is 6.54 Å². The van der Waals surface area contributed by atoms with E-state index in [0.29, 0.717) is 6.54 Å². The van der Waals surface area contributed by atoms with Gasteiger partial charge < -0.3 is 5.32 Å². The fourth-order valence-corrected chi connectivity index (χ4v) is 1.65. The van der Waals surface area contributed by atoms with Crippen LogP contribution < -0.4 is 5.32 Å². The van der Waals surface area contributed by atoms with E-state index in [1.807, 2.05) is 0 Å². The molecule has 0 saturated carbocycles. The Bertz CT molecular complexity index is 305. The van der Waals surface area contributed by atoms with E-state index in [0.717, 1.165) is 12.1 Å². The van der Waals surface area contributed by atoms with Crippen LogP contribution in [0.2, 0.25) is 0 Å². The SMILES string of the molecule is CCCCCCNCc1cnn(CC(F)F)c1.Cl. The summed E-state index contributed by atoms with van der Waals surface area (Å²) >= 11 is 0. The van der Waals surface area contributed by atoms with Gasteiger partial charge in [-0.1, -0.05) is 26.2 Å². The normalized spacial score (nSPS) is 10.7. The van der Waals surface area contributed by atoms with Gasteiger partial charge in [0.05, 0.1) is 6.20 Å². The van der Waals surface area contributed by atoms with E-state index >= 15 is 0 Å². The zero-order valence-corrected chi connectivity index (χ0v) is 11.6. The van der Waals surface area contributed by atoms with E-state index in [1.54, 1.807) is 12.4 Å². The highest BCUT2D eigenvalue weighted by atomic mass is 35.5. The number of hydrogen-bond donors (Lipinski definition) is 1. The number of unbranched alkanes of at least 4 members (excludes halogenated alkanes) is 3. The number of nitrogens with zero attached hydrogens (tertiary/aromatic N) is 2.